The topological polar surface area (TPSA) is 66.4 Å². The van der Waals surface area contributed by atoms with E-state index in [4.69, 9.17) is 30.1 Å². The van der Waals surface area contributed by atoms with Gasteiger partial charge >= 0.3 is 0 Å². The second-order valence-electron chi connectivity index (χ2n) is 10.2. The molecule has 6 heteroatoms. The van der Waals surface area contributed by atoms with E-state index < -0.39 is 30.2 Å². The number of ether oxygens (including phenoxy) is 5. The molecule has 0 radical (unpaired) electrons. The summed E-state index contributed by atoms with van der Waals surface area (Å²) in [6.07, 6.45) is 2.69. The predicted octanol–water partition coefficient (Wildman–Crippen LogP) is 5.68. The van der Waals surface area contributed by atoms with Gasteiger partial charge in [-0.3, -0.25) is 0 Å². The van der Waals surface area contributed by atoms with Crippen molar-refractivity contribution in [1.82, 2.24) is 0 Å². The Hall–Kier alpha value is -3.80. The van der Waals surface area contributed by atoms with E-state index in [2.05, 4.69) is 5.92 Å². The van der Waals surface area contributed by atoms with Crippen molar-refractivity contribution in [2.75, 3.05) is 6.61 Å². The highest BCUT2D eigenvalue weighted by Gasteiger charge is 2.56. The van der Waals surface area contributed by atoms with Crippen molar-refractivity contribution in [1.29, 1.82) is 0 Å². The molecular weight excluding hydrogens is 528 g/mol. The monoisotopic (exact) mass is 564 g/mol. The molecule has 0 aliphatic carbocycles. The Morgan fingerprint density at radius 2 is 1.00 bits per heavy atom. The molecule has 0 bridgehead atoms. The van der Waals surface area contributed by atoms with Gasteiger partial charge in [0.15, 0.2) is 6.10 Å². The molecule has 1 saturated heterocycles. The third kappa shape index (κ3) is 7.93. The van der Waals surface area contributed by atoms with E-state index in [9.17, 15) is 5.11 Å². The van der Waals surface area contributed by atoms with Gasteiger partial charge in [-0.15, -0.1) is 6.42 Å². The first-order chi connectivity index (χ1) is 20.6. The highest BCUT2D eigenvalue weighted by molar-refractivity contribution is 5.18. The fraction of sp³-hybridized carbons (Fsp3) is 0.278. The number of rotatable bonds is 13. The maximum absolute atomic E-state index is 11.7. The lowest BCUT2D eigenvalue weighted by atomic mass is 9.92. The molecular formula is C36H36O6. The fourth-order valence-electron chi connectivity index (χ4n) is 4.97. The molecule has 4 aromatic carbocycles. The lowest BCUT2D eigenvalue weighted by Gasteiger charge is -2.48. The van der Waals surface area contributed by atoms with Crippen molar-refractivity contribution < 1.29 is 28.8 Å². The van der Waals surface area contributed by atoms with E-state index in [-0.39, 0.29) is 19.8 Å². The van der Waals surface area contributed by atoms with Gasteiger partial charge in [-0.05, 0) is 28.2 Å². The minimum atomic E-state index is -2.08. The second-order valence-corrected chi connectivity index (χ2v) is 10.2. The van der Waals surface area contributed by atoms with E-state index in [1.165, 1.54) is 0 Å². The summed E-state index contributed by atoms with van der Waals surface area (Å²) >= 11 is 0. The van der Waals surface area contributed by atoms with Crippen molar-refractivity contribution >= 4 is 0 Å². The van der Waals surface area contributed by atoms with Gasteiger partial charge in [0.05, 0.1) is 33.0 Å². The van der Waals surface area contributed by atoms with Crippen LogP contribution in [0.2, 0.25) is 0 Å². The van der Waals surface area contributed by atoms with Crippen LogP contribution in [0.15, 0.2) is 121 Å². The SMILES string of the molecule is C#CC1(O)O[C@H](COCc2ccccc2)[C@@H](OCc2ccccc2)[C@H](OCc2ccccc2)[C@H]1OCc1ccccc1. The summed E-state index contributed by atoms with van der Waals surface area (Å²) in [6.45, 7) is 1.25. The van der Waals surface area contributed by atoms with Gasteiger partial charge in [0.25, 0.3) is 5.79 Å². The molecule has 1 N–H and O–H groups in total. The minimum Gasteiger partial charge on any atom is -0.374 e. The summed E-state index contributed by atoms with van der Waals surface area (Å²) in [5, 5.41) is 11.7. The standard InChI is InChI=1S/C36H36O6/c1-2-36(37)35(41-26-31-21-13-6-14-22-31)34(40-25-30-19-11-5-12-20-30)33(39-24-29-17-9-4-10-18-29)32(42-36)27-38-23-28-15-7-3-8-16-28/h1,3-22,32-35,37H,23-27H2/t32-,33-,34+,35-,36?/m1/s1. The zero-order valence-corrected chi connectivity index (χ0v) is 23.5. The summed E-state index contributed by atoms with van der Waals surface area (Å²) in [5.41, 5.74) is 3.90. The van der Waals surface area contributed by atoms with Crippen LogP contribution < -0.4 is 0 Å². The van der Waals surface area contributed by atoms with Crippen LogP contribution in [0.5, 0.6) is 0 Å². The van der Waals surface area contributed by atoms with Crippen LogP contribution in [-0.2, 0) is 50.1 Å². The molecule has 0 aromatic heterocycles. The van der Waals surface area contributed by atoms with E-state index in [0.717, 1.165) is 22.3 Å². The Labute approximate surface area is 247 Å². The highest BCUT2D eigenvalue weighted by Crippen LogP contribution is 2.35. The van der Waals surface area contributed by atoms with Gasteiger partial charge in [-0.1, -0.05) is 121 Å². The van der Waals surface area contributed by atoms with Crippen molar-refractivity contribution in [3.05, 3.63) is 144 Å². The Morgan fingerprint density at radius 1 is 0.595 bits per heavy atom. The fourth-order valence-corrected chi connectivity index (χ4v) is 4.97. The Bertz CT molecular complexity index is 1380. The van der Waals surface area contributed by atoms with Gasteiger partial charge in [0.2, 0.25) is 0 Å². The molecule has 1 fully saturated rings. The molecule has 216 valence electrons. The molecule has 5 atom stereocenters. The first-order valence-corrected chi connectivity index (χ1v) is 14.1. The number of aliphatic hydroxyl groups is 1. The van der Waals surface area contributed by atoms with Crippen molar-refractivity contribution in [3.63, 3.8) is 0 Å². The Balaban J connectivity index is 1.43. The van der Waals surface area contributed by atoms with Crippen LogP contribution in [0.25, 0.3) is 0 Å². The van der Waals surface area contributed by atoms with E-state index >= 15 is 0 Å². The first-order valence-electron chi connectivity index (χ1n) is 14.1. The maximum atomic E-state index is 11.7. The summed E-state index contributed by atoms with van der Waals surface area (Å²) < 4.78 is 31.6. The quantitative estimate of drug-likeness (QED) is 0.211. The number of terminal acetylenes is 1. The second kappa shape index (κ2) is 14.9. The van der Waals surface area contributed by atoms with Gasteiger partial charge in [-0.2, -0.15) is 0 Å². The average Bonchev–Trinajstić information content (AvgIpc) is 3.05. The molecule has 5 rings (SSSR count). The van der Waals surface area contributed by atoms with E-state index in [1.54, 1.807) is 0 Å². The van der Waals surface area contributed by atoms with Crippen LogP contribution in [0.3, 0.4) is 0 Å². The van der Waals surface area contributed by atoms with Crippen molar-refractivity contribution in [2.24, 2.45) is 0 Å². The first kappa shape index (κ1) is 29.7. The van der Waals surface area contributed by atoms with Crippen LogP contribution >= 0.6 is 0 Å². The van der Waals surface area contributed by atoms with Gasteiger partial charge in [0, 0.05) is 0 Å². The van der Waals surface area contributed by atoms with Crippen molar-refractivity contribution in [3.8, 4) is 12.3 Å². The molecule has 6 nitrogen and oxygen atoms in total. The summed E-state index contributed by atoms with van der Waals surface area (Å²) in [6, 6.07) is 39.2. The highest BCUT2D eigenvalue weighted by atomic mass is 16.7. The van der Waals surface area contributed by atoms with Gasteiger partial charge < -0.3 is 28.8 Å². The van der Waals surface area contributed by atoms with Crippen LogP contribution in [-0.4, -0.2) is 41.9 Å². The molecule has 42 heavy (non-hydrogen) atoms. The zero-order valence-electron chi connectivity index (χ0n) is 23.5. The van der Waals surface area contributed by atoms with Crippen LogP contribution in [0, 0.1) is 12.3 Å². The molecule has 1 unspecified atom stereocenters. The average molecular weight is 565 g/mol. The van der Waals surface area contributed by atoms with Gasteiger partial charge in [-0.25, -0.2) is 0 Å². The van der Waals surface area contributed by atoms with Crippen LogP contribution in [0.1, 0.15) is 22.3 Å². The third-order valence-corrected chi connectivity index (χ3v) is 7.15. The normalized spacial score (nSPS) is 23.7. The molecule has 1 aliphatic rings. The Morgan fingerprint density at radius 3 is 1.45 bits per heavy atom. The third-order valence-electron chi connectivity index (χ3n) is 7.15. The Kier molecular flexibility index (Phi) is 10.5. The molecule has 4 aromatic rings. The molecule has 0 amide bonds. The molecule has 1 aliphatic heterocycles. The van der Waals surface area contributed by atoms with E-state index in [0.29, 0.717) is 13.2 Å². The minimum absolute atomic E-state index is 0.120. The lowest BCUT2D eigenvalue weighted by molar-refractivity contribution is -0.347. The summed E-state index contributed by atoms with van der Waals surface area (Å²) in [7, 11) is 0. The molecule has 1 heterocycles. The van der Waals surface area contributed by atoms with Gasteiger partial charge in [0.1, 0.15) is 18.3 Å². The molecule has 0 spiro atoms. The zero-order chi connectivity index (χ0) is 29.0. The summed E-state index contributed by atoms with van der Waals surface area (Å²) in [4.78, 5) is 0. The molecule has 0 saturated carbocycles. The largest absolute Gasteiger partial charge is 0.374 e. The van der Waals surface area contributed by atoms with Crippen LogP contribution in [0.4, 0.5) is 0 Å². The number of benzene rings is 4. The summed E-state index contributed by atoms with van der Waals surface area (Å²) in [5.74, 6) is 0.365. The predicted molar refractivity (Wildman–Crippen MR) is 160 cm³/mol. The van der Waals surface area contributed by atoms with E-state index in [1.807, 2.05) is 121 Å². The van der Waals surface area contributed by atoms with Crippen molar-refractivity contribution in [2.45, 2.75) is 56.6 Å². The lowest BCUT2D eigenvalue weighted by Crippen LogP contribution is -2.66. The maximum Gasteiger partial charge on any atom is 0.261 e. The number of hydrogen-bond donors (Lipinski definition) is 1. The number of hydrogen-bond acceptors (Lipinski definition) is 6. The smallest absolute Gasteiger partial charge is 0.261 e.